The molecule has 4 heteroatoms. The van der Waals surface area contributed by atoms with Gasteiger partial charge in [0.25, 0.3) is 0 Å². The maximum absolute atomic E-state index is 11.9. The highest BCUT2D eigenvalue weighted by Gasteiger charge is 2.31. The zero-order valence-corrected chi connectivity index (χ0v) is 16.2. The molecule has 0 amide bonds. The van der Waals surface area contributed by atoms with E-state index in [1.54, 1.807) is 18.2 Å². The van der Waals surface area contributed by atoms with Gasteiger partial charge in [-0.3, -0.25) is 0 Å². The van der Waals surface area contributed by atoms with Crippen molar-refractivity contribution >= 4 is 22.9 Å². The minimum Gasteiger partial charge on any atom is -0.478 e. The second-order valence-corrected chi connectivity index (χ2v) is 7.42. The van der Waals surface area contributed by atoms with Crippen molar-refractivity contribution < 1.29 is 9.90 Å². The molecule has 1 atom stereocenters. The van der Waals surface area contributed by atoms with Gasteiger partial charge in [0.05, 0.1) is 11.3 Å². The standard InChI is InChI=1S/C24H22N2O2/c1-14-21-12-15(25)8-10-18(21)23(17-6-4-5-7-20(17)24(27)28)19-11-9-16(26(2)3)13-22(14)19/h4-14,25H,1-3H3,(H,27,28). The topological polar surface area (TPSA) is 64.4 Å². The quantitative estimate of drug-likeness (QED) is 0.809. The summed E-state index contributed by atoms with van der Waals surface area (Å²) in [5, 5.41) is 17.8. The van der Waals surface area contributed by atoms with Crippen molar-refractivity contribution in [2.75, 3.05) is 19.0 Å². The third-order valence-corrected chi connectivity index (χ3v) is 5.50. The van der Waals surface area contributed by atoms with Crippen LogP contribution in [0.5, 0.6) is 0 Å². The number of nitrogens with zero attached hydrogens (tertiary/aromatic N) is 1. The monoisotopic (exact) mass is 370 g/mol. The number of allylic oxidation sites excluding steroid dienone is 5. The Kier molecular flexibility index (Phi) is 4.27. The summed E-state index contributed by atoms with van der Waals surface area (Å²) in [5.41, 5.74) is 7.75. The summed E-state index contributed by atoms with van der Waals surface area (Å²) in [6.07, 6.45) is 5.62. The summed E-state index contributed by atoms with van der Waals surface area (Å²) in [7, 11) is 4.02. The lowest BCUT2D eigenvalue weighted by molar-refractivity contribution is 0.0696. The fourth-order valence-electron chi connectivity index (χ4n) is 4.05. The summed E-state index contributed by atoms with van der Waals surface area (Å²) >= 11 is 0. The van der Waals surface area contributed by atoms with E-state index in [9.17, 15) is 9.90 Å². The van der Waals surface area contributed by atoms with Gasteiger partial charge in [-0.15, -0.1) is 0 Å². The van der Waals surface area contributed by atoms with Crippen molar-refractivity contribution in [3.05, 3.63) is 94.1 Å². The Balaban J connectivity index is 2.08. The van der Waals surface area contributed by atoms with Crippen molar-refractivity contribution in [2.45, 2.75) is 12.8 Å². The summed E-state index contributed by atoms with van der Waals surface area (Å²) in [6, 6.07) is 13.5. The van der Waals surface area contributed by atoms with Gasteiger partial charge in [-0.2, -0.15) is 0 Å². The molecule has 2 aromatic carbocycles. The van der Waals surface area contributed by atoms with E-state index in [-0.39, 0.29) is 11.5 Å². The largest absolute Gasteiger partial charge is 0.478 e. The number of fused-ring (bicyclic) bond motifs is 2. The predicted molar refractivity (Wildman–Crippen MR) is 114 cm³/mol. The number of hydrogen-bond donors (Lipinski definition) is 2. The van der Waals surface area contributed by atoms with Gasteiger partial charge in [0.15, 0.2) is 0 Å². The van der Waals surface area contributed by atoms with E-state index in [4.69, 9.17) is 5.41 Å². The first-order valence-electron chi connectivity index (χ1n) is 9.25. The molecule has 2 aliphatic rings. The summed E-state index contributed by atoms with van der Waals surface area (Å²) in [6.45, 7) is 2.15. The van der Waals surface area contributed by atoms with Crippen molar-refractivity contribution in [1.82, 2.24) is 0 Å². The zero-order chi connectivity index (χ0) is 20.0. The molecule has 2 aromatic rings. The van der Waals surface area contributed by atoms with Gasteiger partial charge in [-0.05, 0) is 63.8 Å². The molecule has 140 valence electrons. The number of aromatic carboxylic acids is 1. The number of anilines is 1. The first-order valence-corrected chi connectivity index (χ1v) is 9.25. The van der Waals surface area contributed by atoms with Crippen LogP contribution in [0.4, 0.5) is 5.69 Å². The van der Waals surface area contributed by atoms with Crippen LogP contribution in [0.15, 0.2) is 71.8 Å². The van der Waals surface area contributed by atoms with Crippen LogP contribution in [0.25, 0.3) is 5.57 Å². The van der Waals surface area contributed by atoms with Crippen LogP contribution < -0.4 is 4.90 Å². The molecular formula is C24H22N2O2. The first-order chi connectivity index (χ1) is 13.4. The summed E-state index contributed by atoms with van der Waals surface area (Å²) < 4.78 is 0. The number of hydrogen-bond acceptors (Lipinski definition) is 3. The van der Waals surface area contributed by atoms with Gasteiger partial charge in [0.2, 0.25) is 0 Å². The van der Waals surface area contributed by atoms with Crippen molar-refractivity contribution in [2.24, 2.45) is 0 Å². The molecule has 2 aliphatic carbocycles. The number of benzene rings is 2. The number of carbonyl (C=O) groups is 1. The van der Waals surface area contributed by atoms with Crippen LogP contribution in [0.2, 0.25) is 0 Å². The SMILES string of the molecule is CC1C2=CC(=N)C=CC2=C(c2ccccc2C(=O)O)c2ccc(N(C)C)cc21. The Hall–Kier alpha value is -3.40. The molecule has 2 N–H and O–H groups in total. The van der Waals surface area contributed by atoms with Crippen LogP contribution in [-0.2, 0) is 0 Å². The molecule has 0 fully saturated rings. The maximum atomic E-state index is 11.9. The molecule has 0 spiro atoms. The molecule has 0 bridgehead atoms. The Bertz CT molecular complexity index is 1100. The second-order valence-electron chi connectivity index (χ2n) is 7.42. The number of carboxylic acids is 1. The average Bonchev–Trinajstić information content (AvgIpc) is 2.68. The van der Waals surface area contributed by atoms with Crippen LogP contribution >= 0.6 is 0 Å². The average molecular weight is 370 g/mol. The highest BCUT2D eigenvalue weighted by atomic mass is 16.4. The number of nitrogens with one attached hydrogen (secondary N) is 1. The van der Waals surface area contributed by atoms with Gasteiger partial charge in [0.1, 0.15) is 0 Å². The normalized spacial score (nSPS) is 17.8. The van der Waals surface area contributed by atoms with Crippen LogP contribution in [0.3, 0.4) is 0 Å². The van der Waals surface area contributed by atoms with Crippen molar-refractivity contribution in [3.63, 3.8) is 0 Å². The predicted octanol–water partition coefficient (Wildman–Crippen LogP) is 4.89. The molecule has 0 aromatic heterocycles. The van der Waals surface area contributed by atoms with Gasteiger partial charge in [0, 0.05) is 25.7 Å². The molecule has 0 saturated heterocycles. The molecule has 4 rings (SSSR count). The highest BCUT2D eigenvalue weighted by Crippen LogP contribution is 2.47. The molecule has 4 nitrogen and oxygen atoms in total. The van der Waals surface area contributed by atoms with E-state index in [1.807, 2.05) is 38.4 Å². The molecule has 28 heavy (non-hydrogen) atoms. The van der Waals surface area contributed by atoms with Crippen LogP contribution in [-0.4, -0.2) is 30.9 Å². The molecule has 0 saturated carbocycles. The minimum atomic E-state index is -0.938. The second kappa shape index (κ2) is 6.64. The van der Waals surface area contributed by atoms with Gasteiger partial charge in [-0.1, -0.05) is 37.3 Å². The van der Waals surface area contributed by atoms with Crippen LogP contribution in [0.1, 0.15) is 39.9 Å². The van der Waals surface area contributed by atoms with E-state index >= 15 is 0 Å². The van der Waals surface area contributed by atoms with Gasteiger partial charge >= 0.3 is 5.97 Å². The lowest BCUT2D eigenvalue weighted by Crippen LogP contribution is -2.18. The van der Waals surface area contributed by atoms with Crippen molar-refractivity contribution in [1.29, 1.82) is 5.41 Å². The molecular weight excluding hydrogens is 348 g/mol. The highest BCUT2D eigenvalue weighted by molar-refractivity contribution is 6.08. The Morgan fingerprint density at radius 1 is 1.07 bits per heavy atom. The third-order valence-electron chi connectivity index (χ3n) is 5.50. The fraction of sp³-hybridized carbons (Fsp3) is 0.167. The lowest BCUT2D eigenvalue weighted by atomic mass is 9.71. The summed E-state index contributed by atoms with van der Waals surface area (Å²) in [4.78, 5) is 14.0. The Morgan fingerprint density at radius 3 is 2.54 bits per heavy atom. The molecule has 0 heterocycles. The van der Waals surface area contributed by atoms with E-state index in [0.717, 1.165) is 33.5 Å². The first kappa shape index (κ1) is 18.0. The van der Waals surface area contributed by atoms with E-state index in [0.29, 0.717) is 11.3 Å². The third kappa shape index (κ3) is 2.78. The van der Waals surface area contributed by atoms with Crippen molar-refractivity contribution in [3.8, 4) is 0 Å². The number of rotatable bonds is 3. The molecule has 0 radical (unpaired) electrons. The van der Waals surface area contributed by atoms with Gasteiger partial charge < -0.3 is 15.4 Å². The Morgan fingerprint density at radius 2 is 1.82 bits per heavy atom. The zero-order valence-electron chi connectivity index (χ0n) is 16.2. The number of carboxylic acid groups (broad SMARTS) is 1. The van der Waals surface area contributed by atoms with Gasteiger partial charge in [-0.25, -0.2) is 4.79 Å². The Labute approximate surface area is 164 Å². The fourth-order valence-corrected chi connectivity index (χ4v) is 4.05. The smallest absolute Gasteiger partial charge is 0.336 e. The summed E-state index contributed by atoms with van der Waals surface area (Å²) in [5.74, 6) is -0.817. The van der Waals surface area contributed by atoms with E-state index in [1.165, 1.54) is 0 Å². The van der Waals surface area contributed by atoms with Crippen LogP contribution in [0, 0.1) is 5.41 Å². The maximum Gasteiger partial charge on any atom is 0.336 e. The molecule has 0 aliphatic heterocycles. The van der Waals surface area contributed by atoms with E-state index < -0.39 is 5.97 Å². The lowest BCUT2D eigenvalue weighted by Gasteiger charge is -2.32. The van der Waals surface area contributed by atoms with E-state index in [2.05, 4.69) is 30.0 Å². The minimum absolute atomic E-state index is 0.121. The molecule has 1 unspecified atom stereocenters.